The van der Waals surface area contributed by atoms with Gasteiger partial charge in [0.2, 0.25) is 0 Å². The summed E-state index contributed by atoms with van der Waals surface area (Å²) in [6.07, 6.45) is 3.75. The van der Waals surface area contributed by atoms with E-state index in [0.29, 0.717) is 12.5 Å². The van der Waals surface area contributed by atoms with E-state index in [1.165, 1.54) is 36.0 Å². The Hall–Kier alpha value is -2.33. The highest BCUT2D eigenvalue weighted by Gasteiger charge is 2.23. The fourth-order valence-electron chi connectivity index (χ4n) is 3.84. The van der Waals surface area contributed by atoms with Crippen LogP contribution in [0, 0.1) is 6.92 Å². The molecule has 29 heavy (non-hydrogen) atoms. The molecule has 3 rings (SSSR count). The molecule has 0 spiro atoms. The topological polar surface area (TPSA) is 41.6 Å². The summed E-state index contributed by atoms with van der Waals surface area (Å²) < 4.78 is 5.62. The smallest absolute Gasteiger partial charge is 0.258 e. The predicted molar refractivity (Wildman–Crippen MR) is 118 cm³/mol. The molecule has 1 saturated heterocycles. The standard InChI is InChI=1S/C25H34N2O2/c1-19(2)21-9-11-22(12-10-21)24(27-15-5-4-6-16-27)17-26-25(28)18-29-23-13-7-20(3)8-14-23/h7-14,19,24H,4-6,15-18H2,1-3H3,(H,26,28). The average molecular weight is 395 g/mol. The van der Waals surface area contributed by atoms with E-state index in [2.05, 4.69) is 48.3 Å². The number of amides is 1. The predicted octanol–water partition coefficient (Wildman–Crippen LogP) is 4.84. The fourth-order valence-corrected chi connectivity index (χ4v) is 3.84. The van der Waals surface area contributed by atoms with E-state index < -0.39 is 0 Å². The monoisotopic (exact) mass is 394 g/mol. The number of ether oxygens (including phenoxy) is 1. The van der Waals surface area contributed by atoms with Crippen LogP contribution in [0.5, 0.6) is 5.75 Å². The maximum atomic E-state index is 12.4. The van der Waals surface area contributed by atoms with Gasteiger partial charge in [0.25, 0.3) is 5.91 Å². The van der Waals surface area contributed by atoms with Crippen molar-refractivity contribution >= 4 is 5.91 Å². The Morgan fingerprint density at radius 1 is 0.966 bits per heavy atom. The van der Waals surface area contributed by atoms with E-state index in [4.69, 9.17) is 4.74 Å². The van der Waals surface area contributed by atoms with Crippen molar-refractivity contribution < 1.29 is 9.53 Å². The van der Waals surface area contributed by atoms with Crippen molar-refractivity contribution in [2.24, 2.45) is 0 Å². The summed E-state index contributed by atoms with van der Waals surface area (Å²) in [6.45, 7) is 9.29. The average Bonchev–Trinajstić information content (AvgIpc) is 2.74. The summed E-state index contributed by atoms with van der Waals surface area (Å²) in [4.78, 5) is 14.9. The van der Waals surface area contributed by atoms with Gasteiger partial charge in [-0.25, -0.2) is 0 Å². The summed E-state index contributed by atoms with van der Waals surface area (Å²) in [5.41, 5.74) is 3.80. The largest absolute Gasteiger partial charge is 0.484 e. The second-order valence-electron chi connectivity index (χ2n) is 8.34. The second-order valence-corrected chi connectivity index (χ2v) is 8.34. The number of benzene rings is 2. The third-order valence-electron chi connectivity index (χ3n) is 5.70. The Kier molecular flexibility index (Phi) is 7.70. The normalized spacial score (nSPS) is 15.9. The minimum Gasteiger partial charge on any atom is -0.484 e. The summed E-state index contributed by atoms with van der Waals surface area (Å²) in [7, 11) is 0. The highest BCUT2D eigenvalue weighted by molar-refractivity contribution is 5.77. The maximum Gasteiger partial charge on any atom is 0.258 e. The van der Waals surface area contributed by atoms with Crippen LogP contribution in [0.2, 0.25) is 0 Å². The molecule has 156 valence electrons. The van der Waals surface area contributed by atoms with Crippen molar-refractivity contribution in [2.75, 3.05) is 26.2 Å². The van der Waals surface area contributed by atoms with Gasteiger partial charge in [0.05, 0.1) is 6.04 Å². The van der Waals surface area contributed by atoms with E-state index in [1.54, 1.807) is 0 Å². The molecule has 1 aliphatic rings. The quantitative estimate of drug-likeness (QED) is 0.696. The summed E-state index contributed by atoms with van der Waals surface area (Å²) in [5, 5.41) is 3.09. The molecule has 0 aromatic heterocycles. The Morgan fingerprint density at radius 2 is 1.59 bits per heavy atom. The molecule has 0 aliphatic carbocycles. The van der Waals surface area contributed by atoms with E-state index in [0.717, 1.165) is 18.8 Å². The van der Waals surface area contributed by atoms with Gasteiger partial charge in [0, 0.05) is 6.54 Å². The molecule has 2 aromatic carbocycles. The van der Waals surface area contributed by atoms with Crippen molar-refractivity contribution in [3.8, 4) is 5.75 Å². The van der Waals surface area contributed by atoms with Gasteiger partial charge in [0.15, 0.2) is 6.61 Å². The molecule has 1 amide bonds. The Balaban J connectivity index is 1.60. The summed E-state index contributed by atoms with van der Waals surface area (Å²) >= 11 is 0. The Labute approximate surface area is 175 Å². The van der Waals surface area contributed by atoms with Gasteiger partial charge in [-0.15, -0.1) is 0 Å². The van der Waals surface area contributed by atoms with Crippen molar-refractivity contribution in [3.63, 3.8) is 0 Å². The summed E-state index contributed by atoms with van der Waals surface area (Å²) in [6, 6.07) is 16.9. The molecule has 1 unspecified atom stereocenters. The second kappa shape index (κ2) is 10.4. The van der Waals surface area contributed by atoms with Gasteiger partial charge in [-0.05, 0) is 62.0 Å². The fraction of sp³-hybridized carbons (Fsp3) is 0.480. The van der Waals surface area contributed by atoms with Crippen LogP contribution in [-0.2, 0) is 4.79 Å². The van der Waals surface area contributed by atoms with Crippen molar-refractivity contribution in [2.45, 2.75) is 52.0 Å². The van der Waals surface area contributed by atoms with Gasteiger partial charge in [-0.3, -0.25) is 9.69 Å². The lowest BCUT2D eigenvalue weighted by atomic mass is 9.97. The van der Waals surface area contributed by atoms with Crippen LogP contribution >= 0.6 is 0 Å². The van der Waals surface area contributed by atoms with Crippen molar-refractivity contribution in [3.05, 3.63) is 65.2 Å². The minimum absolute atomic E-state index is 0.0437. The first-order chi connectivity index (χ1) is 14.0. The molecule has 1 atom stereocenters. The number of likely N-dealkylation sites (tertiary alicyclic amines) is 1. The van der Waals surface area contributed by atoms with Gasteiger partial charge >= 0.3 is 0 Å². The number of nitrogens with zero attached hydrogens (tertiary/aromatic N) is 1. The highest BCUT2D eigenvalue weighted by Crippen LogP contribution is 2.26. The van der Waals surface area contributed by atoms with Crippen LogP contribution in [0.15, 0.2) is 48.5 Å². The number of rotatable bonds is 8. The minimum atomic E-state index is -0.0774. The number of piperidine rings is 1. The maximum absolute atomic E-state index is 12.4. The van der Waals surface area contributed by atoms with Crippen LogP contribution in [0.3, 0.4) is 0 Å². The van der Waals surface area contributed by atoms with Crippen LogP contribution in [0.4, 0.5) is 0 Å². The number of hydrogen-bond acceptors (Lipinski definition) is 3. The molecule has 0 bridgehead atoms. The molecule has 1 fully saturated rings. The number of hydrogen-bond donors (Lipinski definition) is 1. The summed E-state index contributed by atoms with van der Waals surface area (Å²) in [5.74, 6) is 1.17. The van der Waals surface area contributed by atoms with Gasteiger partial charge in [-0.1, -0.05) is 62.2 Å². The zero-order valence-electron chi connectivity index (χ0n) is 18.0. The zero-order chi connectivity index (χ0) is 20.6. The first kappa shape index (κ1) is 21.4. The van der Waals surface area contributed by atoms with E-state index in [-0.39, 0.29) is 18.6 Å². The Morgan fingerprint density at radius 3 is 2.21 bits per heavy atom. The molecule has 1 aliphatic heterocycles. The van der Waals surface area contributed by atoms with Crippen LogP contribution in [0.1, 0.15) is 61.8 Å². The van der Waals surface area contributed by atoms with Crippen LogP contribution in [-0.4, -0.2) is 37.0 Å². The van der Waals surface area contributed by atoms with Gasteiger partial charge < -0.3 is 10.1 Å². The molecule has 4 heteroatoms. The lowest BCUT2D eigenvalue weighted by Gasteiger charge is -2.35. The van der Waals surface area contributed by atoms with E-state index in [9.17, 15) is 4.79 Å². The van der Waals surface area contributed by atoms with Crippen molar-refractivity contribution in [1.29, 1.82) is 0 Å². The molecule has 1 N–H and O–H groups in total. The third-order valence-corrected chi connectivity index (χ3v) is 5.70. The van der Waals surface area contributed by atoms with Crippen LogP contribution in [0.25, 0.3) is 0 Å². The highest BCUT2D eigenvalue weighted by atomic mass is 16.5. The van der Waals surface area contributed by atoms with Gasteiger partial charge in [-0.2, -0.15) is 0 Å². The molecule has 0 radical (unpaired) electrons. The zero-order valence-corrected chi connectivity index (χ0v) is 18.0. The molecule has 4 nitrogen and oxygen atoms in total. The lowest BCUT2D eigenvalue weighted by molar-refractivity contribution is -0.123. The van der Waals surface area contributed by atoms with E-state index in [1.807, 2.05) is 31.2 Å². The van der Waals surface area contributed by atoms with Gasteiger partial charge in [0.1, 0.15) is 5.75 Å². The number of aryl methyl sites for hydroxylation is 1. The first-order valence-electron chi connectivity index (χ1n) is 10.8. The third kappa shape index (κ3) is 6.33. The SMILES string of the molecule is Cc1ccc(OCC(=O)NCC(c2ccc(C(C)C)cc2)N2CCCCC2)cc1. The van der Waals surface area contributed by atoms with E-state index >= 15 is 0 Å². The molecular weight excluding hydrogens is 360 g/mol. The van der Waals surface area contributed by atoms with Crippen molar-refractivity contribution in [1.82, 2.24) is 10.2 Å². The lowest BCUT2D eigenvalue weighted by Crippen LogP contribution is -2.41. The molecule has 0 saturated carbocycles. The number of carbonyl (C=O) groups is 1. The molecular formula is C25H34N2O2. The van der Waals surface area contributed by atoms with Crippen LogP contribution < -0.4 is 10.1 Å². The first-order valence-corrected chi connectivity index (χ1v) is 10.8. The number of nitrogens with one attached hydrogen (secondary N) is 1. The Bertz CT molecular complexity index is 762. The molecule has 2 aromatic rings. The molecule has 1 heterocycles. The number of carbonyl (C=O) groups excluding carboxylic acids is 1.